The number of ketones is 1. The minimum Gasteiger partial charge on any atom is -0.469 e. The number of methoxy groups -OCH3 is 1. The van der Waals surface area contributed by atoms with Gasteiger partial charge in [0.25, 0.3) is 0 Å². The van der Waals surface area contributed by atoms with Crippen LogP contribution in [0.4, 0.5) is 0 Å². The van der Waals surface area contributed by atoms with Gasteiger partial charge in [-0.25, -0.2) is 0 Å². The van der Waals surface area contributed by atoms with Crippen LogP contribution in [0, 0.1) is 16.7 Å². The highest BCUT2D eigenvalue weighted by Crippen LogP contribution is 2.49. The van der Waals surface area contributed by atoms with Crippen molar-refractivity contribution in [2.75, 3.05) is 7.11 Å². The first-order valence-electron chi connectivity index (χ1n) is 5.30. The Morgan fingerprint density at radius 3 is 1.93 bits per heavy atom. The molecule has 0 atom stereocenters. The molecule has 0 aliphatic heterocycles. The van der Waals surface area contributed by atoms with Crippen LogP contribution in [0.15, 0.2) is 0 Å². The van der Waals surface area contributed by atoms with Crippen LogP contribution >= 0.6 is 0 Å². The Labute approximate surface area is 91.2 Å². The lowest BCUT2D eigenvalue weighted by atomic mass is 9.57. The summed E-state index contributed by atoms with van der Waals surface area (Å²) < 4.78 is 4.85. The van der Waals surface area contributed by atoms with E-state index >= 15 is 0 Å². The largest absolute Gasteiger partial charge is 0.469 e. The zero-order chi connectivity index (χ0) is 11.9. The summed E-state index contributed by atoms with van der Waals surface area (Å²) in [6.45, 7) is 7.86. The van der Waals surface area contributed by atoms with Crippen LogP contribution in [0.1, 0.15) is 40.5 Å². The van der Waals surface area contributed by atoms with Crippen LogP contribution in [-0.2, 0) is 14.3 Å². The van der Waals surface area contributed by atoms with Crippen molar-refractivity contribution in [3.8, 4) is 0 Å². The fraction of sp³-hybridized carbons (Fsp3) is 0.833. The Kier molecular flexibility index (Phi) is 2.94. The summed E-state index contributed by atoms with van der Waals surface area (Å²) in [6, 6.07) is 0. The molecule has 1 fully saturated rings. The Morgan fingerprint density at radius 1 is 1.20 bits per heavy atom. The first kappa shape index (κ1) is 12.2. The minimum atomic E-state index is -0.300. The molecular formula is C12H20O3. The standard InChI is InChI=1S/C12H20O3/c1-11(2)6-8(13)7-12(3,4)9(11)10(14)15-5/h9H,6-7H2,1-5H3. The molecule has 1 aliphatic rings. The topological polar surface area (TPSA) is 43.4 Å². The molecule has 1 saturated carbocycles. The van der Waals surface area contributed by atoms with Crippen molar-refractivity contribution >= 4 is 11.8 Å². The van der Waals surface area contributed by atoms with Gasteiger partial charge in [-0.15, -0.1) is 0 Å². The molecular weight excluding hydrogens is 192 g/mol. The molecule has 0 amide bonds. The van der Waals surface area contributed by atoms with E-state index in [4.69, 9.17) is 4.74 Å². The first-order valence-corrected chi connectivity index (χ1v) is 5.30. The Morgan fingerprint density at radius 2 is 1.60 bits per heavy atom. The Balaban J connectivity index is 3.08. The van der Waals surface area contributed by atoms with Gasteiger partial charge >= 0.3 is 5.97 Å². The maximum absolute atomic E-state index is 11.8. The zero-order valence-corrected chi connectivity index (χ0v) is 10.2. The molecule has 15 heavy (non-hydrogen) atoms. The average molecular weight is 212 g/mol. The van der Waals surface area contributed by atoms with Crippen molar-refractivity contribution in [2.24, 2.45) is 16.7 Å². The second-order valence-corrected chi connectivity index (χ2v) is 5.83. The van der Waals surface area contributed by atoms with Crippen LogP contribution in [0.2, 0.25) is 0 Å². The number of ether oxygens (including phenoxy) is 1. The molecule has 0 N–H and O–H groups in total. The summed E-state index contributed by atoms with van der Waals surface area (Å²) in [5.74, 6) is -0.157. The van der Waals surface area contributed by atoms with E-state index in [0.29, 0.717) is 12.8 Å². The fourth-order valence-electron chi connectivity index (χ4n) is 3.10. The maximum Gasteiger partial charge on any atom is 0.309 e. The predicted molar refractivity (Wildman–Crippen MR) is 57.3 cm³/mol. The summed E-state index contributed by atoms with van der Waals surface area (Å²) in [4.78, 5) is 23.4. The van der Waals surface area contributed by atoms with Gasteiger partial charge in [0.1, 0.15) is 5.78 Å². The number of hydrogen-bond donors (Lipinski definition) is 0. The fourth-order valence-corrected chi connectivity index (χ4v) is 3.10. The van der Waals surface area contributed by atoms with Crippen LogP contribution in [-0.4, -0.2) is 18.9 Å². The molecule has 0 spiro atoms. The molecule has 0 aromatic rings. The van der Waals surface area contributed by atoms with Gasteiger partial charge in [-0.05, 0) is 10.8 Å². The molecule has 1 aliphatic carbocycles. The summed E-state index contributed by atoms with van der Waals surface area (Å²) in [6.07, 6.45) is 0.937. The lowest BCUT2D eigenvalue weighted by Crippen LogP contribution is -2.48. The number of hydrogen-bond acceptors (Lipinski definition) is 3. The van der Waals surface area contributed by atoms with E-state index in [1.54, 1.807) is 0 Å². The Hall–Kier alpha value is -0.860. The second kappa shape index (κ2) is 3.62. The van der Waals surface area contributed by atoms with Gasteiger partial charge in [-0.2, -0.15) is 0 Å². The third-order valence-electron chi connectivity index (χ3n) is 3.31. The molecule has 1 rings (SSSR count). The number of carbonyl (C=O) groups excluding carboxylic acids is 2. The average Bonchev–Trinajstić information content (AvgIpc) is 1.97. The van der Waals surface area contributed by atoms with E-state index in [9.17, 15) is 9.59 Å². The smallest absolute Gasteiger partial charge is 0.309 e. The van der Waals surface area contributed by atoms with Crippen molar-refractivity contribution in [2.45, 2.75) is 40.5 Å². The van der Waals surface area contributed by atoms with Gasteiger partial charge in [0, 0.05) is 12.8 Å². The molecule has 3 nitrogen and oxygen atoms in total. The molecule has 86 valence electrons. The quantitative estimate of drug-likeness (QED) is 0.626. The highest BCUT2D eigenvalue weighted by Gasteiger charge is 2.51. The van der Waals surface area contributed by atoms with Gasteiger partial charge in [-0.3, -0.25) is 9.59 Å². The minimum absolute atomic E-state index is 0.197. The summed E-state index contributed by atoms with van der Waals surface area (Å²) in [5, 5.41) is 0. The lowest BCUT2D eigenvalue weighted by Gasteiger charge is -2.46. The van der Waals surface area contributed by atoms with Crippen LogP contribution in [0.25, 0.3) is 0 Å². The lowest BCUT2D eigenvalue weighted by molar-refractivity contribution is -0.161. The maximum atomic E-state index is 11.8. The van der Waals surface area contributed by atoms with Crippen molar-refractivity contribution in [1.82, 2.24) is 0 Å². The SMILES string of the molecule is COC(=O)C1C(C)(C)CC(=O)CC1(C)C. The monoisotopic (exact) mass is 212 g/mol. The van der Waals surface area contributed by atoms with Gasteiger partial charge in [0.2, 0.25) is 0 Å². The van der Waals surface area contributed by atoms with Crippen molar-refractivity contribution in [1.29, 1.82) is 0 Å². The van der Waals surface area contributed by atoms with Crippen LogP contribution < -0.4 is 0 Å². The van der Waals surface area contributed by atoms with Crippen molar-refractivity contribution < 1.29 is 14.3 Å². The first-order chi connectivity index (χ1) is 6.70. The van der Waals surface area contributed by atoms with E-state index in [0.717, 1.165) is 0 Å². The van der Waals surface area contributed by atoms with E-state index in [1.165, 1.54) is 7.11 Å². The second-order valence-electron chi connectivity index (χ2n) is 5.83. The van der Waals surface area contributed by atoms with Gasteiger partial charge in [0.15, 0.2) is 0 Å². The normalized spacial score (nSPS) is 25.0. The van der Waals surface area contributed by atoms with E-state index in [-0.39, 0.29) is 28.5 Å². The summed E-state index contributed by atoms with van der Waals surface area (Å²) >= 11 is 0. The number of Topliss-reactive ketones (excluding diaryl/α,β-unsaturated/α-hetero) is 1. The molecule has 0 radical (unpaired) electrons. The third kappa shape index (κ3) is 2.21. The van der Waals surface area contributed by atoms with Crippen molar-refractivity contribution in [3.05, 3.63) is 0 Å². The number of esters is 1. The zero-order valence-electron chi connectivity index (χ0n) is 10.2. The number of rotatable bonds is 1. The van der Waals surface area contributed by atoms with Gasteiger partial charge < -0.3 is 4.74 Å². The van der Waals surface area contributed by atoms with Gasteiger partial charge in [0.05, 0.1) is 13.0 Å². The van der Waals surface area contributed by atoms with E-state index < -0.39 is 0 Å². The Bertz CT molecular complexity index is 269. The molecule has 3 heteroatoms. The highest BCUT2D eigenvalue weighted by atomic mass is 16.5. The van der Waals surface area contributed by atoms with E-state index in [1.807, 2.05) is 27.7 Å². The van der Waals surface area contributed by atoms with Crippen LogP contribution in [0.3, 0.4) is 0 Å². The molecule has 0 aromatic heterocycles. The number of carbonyl (C=O) groups is 2. The molecule has 0 heterocycles. The molecule has 0 bridgehead atoms. The van der Waals surface area contributed by atoms with Crippen molar-refractivity contribution in [3.63, 3.8) is 0 Å². The van der Waals surface area contributed by atoms with Gasteiger partial charge in [-0.1, -0.05) is 27.7 Å². The summed E-state index contributed by atoms with van der Waals surface area (Å²) in [7, 11) is 1.41. The van der Waals surface area contributed by atoms with E-state index in [2.05, 4.69) is 0 Å². The molecule has 0 aromatic carbocycles. The predicted octanol–water partition coefficient (Wildman–Crippen LogP) is 2.19. The molecule has 0 saturated heterocycles. The molecule has 0 unspecified atom stereocenters. The highest BCUT2D eigenvalue weighted by molar-refractivity contribution is 5.85. The van der Waals surface area contributed by atoms with Crippen LogP contribution in [0.5, 0.6) is 0 Å². The summed E-state index contributed by atoms with van der Waals surface area (Å²) in [5.41, 5.74) is -0.599. The third-order valence-corrected chi connectivity index (χ3v) is 3.31.